The average Bonchev–Trinajstić information content (AvgIpc) is 2.00. The van der Waals surface area contributed by atoms with E-state index in [0.717, 1.165) is 6.20 Å². The van der Waals surface area contributed by atoms with Crippen molar-refractivity contribution in [2.45, 2.75) is 11.3 Å². The molecule has 6 N–H and O–H groups in total. The van der Waals surface area contributed by atoms with E-state index in [-0.39, 0.29) is 0 Å². The van der Waals surface area contributed by atoms with E-state index in [1.54, 1.807) is 0 Å². The lowest BCUT2D eigenvalue weighted by Gasteiger charge is -2.10. The lowest BCUT2D eigenvalue weighted by molar-refractivity contribution is 0.152. The van der Waals surface area contributed by atoms with Crippen molar-refractivity contribution < 1.29 is 17.2 Å². The Morgan fingerprint density at radius 2 is 1.87 bits per heavy atom. The van der Waals surface area contributed by atoms with Crippen LogP contribution in [0, 0.1) is 0 Å². The summed E-state index contributed by atoms with van der Waals surface area (Å²) in [7, 11) is -4.18. The molecule has 1 aromatic heterocycles. The predicted molar refractivity (Wildman–Crippen MR) is 49.4 cm³/mol. The molecule has 0 aliphatic heterocycles. The number of nitrogen functional groups attached to an aromatic ring is 2. The number of sulfonamides is 1. The fourth-order valence-electron chi connectivity index (χ4n) is 0.994. The molecule has 0 aromatic carbocycles. The molecule has 0 saturated carbocycles. The van der Waals surface area contributed by atoms with Gasteiger partial charge in [-0.25, -0.2) is 27.3 Å². The zero-order valence-electron chi connectivity index (χ0n) is 7.31. The number of nitrogens with zero attached hydrogens (tertiary/aromatic N) is 1. The number of rotatable bonds is 2. The molecule has 9 heteroatoms. The zero-order valence-corrected chi connectivity index (χ0v) is 8.13. The summed E-state index contributed by atoms with van der Waals surface area (Å²) < 4.78 is 46.7. The van der Waals surface area contributed by atoms with Crippen molar-refractivity contribution in [2.24, 2.45) is 5.14 Å². The van der Waals surface area contributed by atoms with E-state index < -0.39 is 38.4 Å². The Kier molecular flexibility index (Phi) is 2.77. The zero-order chi connectivity index (χ0) is 11.8. The standard InChI is InChI=1S/C6H8F2N4O2S/c7-5(8)3-4(9)2(15(11,13)14)1-12-6(3)10/h1,5H,(H4,9,10,12)(H2,11,13,14). The third-order valence-electron chi connectivity index (χ3n) is 1.68. The van der Waals surface area contributed by atoms with Crippen molar-refractivity contribution in [1.29, 1.82) is 0 Å². The molecule has 0 radical (unpaired) electrons. The molecule has 0 bridgehead atoms. The van der Waals surface area contributed by atoms with Gasteiger partial charge in [-0.1, -0.05) is 0 Å². The monoisotopic (exact) mass is 238 g/mol. The minimum atomic E-state index is -4.18. The molecule has 1 aromatic rings. The van der Waals surface area contributed by atoms with Gasteiger partial charge in [0, 0.05) is 0 Å². The first-order chi connectivity index (χ1) is 6.75. The Bertz CT molecular complexity index is 488. The lowest BCUT2D eigenvalue weighted by Crippen LogP contribution is -2.17. The van der Waals surface area contributed by atoms with E-state index in [1.165, 1.54) is 0 Å². The number of primary sulfonamides is 1. The molecule has 0 aliphatic carbocycles. The summed E-state index contributed by atoms with van der Waals surface area (Å²) in [4.78, 5) is 2.63. The summed E-state index contributed by atoms with van der Waals surface area (Å²) >= 11 is 0. The first kappa shape index (κ1) is 11.6. The Balaban J connectivity index is 3.56. The van der Waals surface area contributed by atoms with Gasteiger partial charge in [0.1, 0.15) is 10.7 Å². The first-order valence-electron chi connectivity index (χ1n) is 3.60. The van der Waals surface area contributed by atoms with Crippen LogP contribution in [0.25, 0.3) is 0 Å². The molecule has 1 heterocycles. The SMILES string of the molecule is Nc1ncc(S(N)(=O)=O)c(N)c1C(F)F. The first-order valence-corrected chi connectivity index (χ1v) is 5.14. The van der Waals surface area contributed by atoms with Crippen LogP contribution in [-0.2, 0) is 10.0 Å². The Morgan fingerprint density at radius 1 is 1.33 bits per heavy atom. The van der Waals surface area contributed by atoms with Crippen molar-refractivity contribution in [1.82, 2.24) is 4.98 Å². The minimum absolute atomic E-state index is 0.519. The summed E-state index contributed by atoms with van der Waals surface area (Å²) in [5, 5.41) is 4.74. The van der Waals surface area contributed by atoms with Crippen LogP contribution in [-0.4, -0.2) is 13.4 Å². The second-order valence-electron chi connectivity index (χ2n) is 2.68. The quantitative estimate of drug-likeness (QED) is 0.659. The second kappa shape index (κ2) is 3.59. The van der Waals surface area contributed by atoms with Gasteiger partial charge in [-0.3, -0.25) is 0 Å². The van der Waals surface area contributed by atoms with E-state index in [2.05, 4.69) is 4.98 Å². The molecule has 0 unspecified atom stereocenters. The summed E-state index contributed by atoms with van der Waals surface area (Å²) in [5.41, 5.74) is 8.86. The normalized spacial score (nSPS) is 12.0. The molecule has 0 atom stereocenters. The maximum atomic E-state index is 12.4. The third kappa shape index (κ3) is 2.13. The molecular weight excluding hydrogens is 230 g/mol. The van der Waals surface area contributed by atoms with E-state index >= 15 is 0 Å². The van der Waals surface area contributed by atoms with Gasteiger partial charge in [0.05, 0.1) is 17.4 Å². The second-order valence-corrected chi connectivity index (χ2v) is 4.21. The highest BCUT2D eigenvalue weighted by atomic mass is 32.2. The number of halogens is 2. The highest BCUT2D eigenvalue weighted by Crippen LogP contribution is 2.32. The molecule has 84 valence electrons. The predicted octanol–water partition coefficient (Wildman–Crippen LogP) is -0.169. The molecule has 1 rings (SSSR count). The molecular formula is C6H8F2N4O2S. The van der Waals surface area contributed by atoms with Gasteiger partial charge >= 0.3 is 0 Å². The summed E-state index contributed by atoms with van der Waals surface area (Å²) in [6, 6.07) is 0. The van der Waals surface area contributed by atoms with Gasteiger partial charge in [0.2, 0.25) is 10.0 Å². The Hall–Kier alpha value is -1.48. The molecule has 0 aliphatic rings. The van der Waals surface area contributed by atoms with Crippen LogP contribution in [0.5, 0.6) is 0 Å². The van der Waals surface area contributed by atoms with Crippen LogP contribution in [0.2, 0.25) is 0 Å². The molecule has 6 nitrogen and oxygen atoms in total. The van der Waals surface area contributed by atoms with Gasteiger partial charge in [0.25, 0.3) is 6.43 Å². The molecule has 15 heavy (non-hydrogen) atoms. The number of alkyl halides is 2. The number of hydrogen-bond donors (Lipinski definition) is 3. The van der Waals surface area contributed by atoms with Crippen LogP contribution >= 0.6 is 0 Å². The van der Waals surface area contributed by atoms with Gasteiger partial charge in [-0.15, -0.1) is 0 Å². The third-order valence-corrected chi connectivity index (χ3v) is 2.62. The summed E-state index contributed by atoms with van der Waals surface area (Å²) in [6.07, 6.45) is -2.27. The van der Waals surface area contributed by atoms with Crippen molar-refractivity contribution in [3.8, 4) is 0 Å². The van der Waals surface area contributed by atoms with Gasteiger partial charge in [-0.05, 0) is 0 Å². The fraction of sp³-hybridized carbons (Fsp3) is 0.167. The van der Waals surface area contributed by atoms with Crippen molar-refractivity contribution >= 4 is 21.5 Å². The highest BCUT2D eigenvalue weighted by molar-refractivity contribution is 7.89. The summed E-state index contributed by atoms with van der Waals surface area (Å²) in [6.45, 7) is 0. The van der Waals surface area contributed by atoms with Gasteiger partial charge < -0.3 is 11.5 Å². The lowest BCUT2D eigenvalue weighted by atomic mass is 10.2. The van der Waals surface area contributed by atoms with Crippen molar-refractivity contribution in [3.63, 3.8) is 0 Å². The van der Waals surface area contributed by atoms with E-state index in [1.807, 2.05) is 0 Å². The fourth-order valence-corrected chi connectivity index (χ4v) is 1.61. The van der Waals surface area contributed by atoms with E-state index in [4.69, 9.17) is 16.6 Å². The van der Waals surface area contributed by atoms with Gasteiger partial charge in [-0.2, -0.15) is 0 Å². The smallest absolute Gasteiger partial charge is 0.269 e. The van der Waals surface area contributed by atoms with Crippen molar-refractivity contribution in [3.05, 3.63) is 11.8 Å². The topological polar surface area (TPSA) is 125 Å². The minimum Gasteiger partial charge on any atom is -0.397 e. The maximum absolute atomic E-state index is 12.4. The number of hydrogen-bond acceptors (Lipinski definition) is 5. The number of nitrogens with two attached hydrogens (primary N) is 3. The average molecular weight is 238 g/mol. The molecule has 0 spiro atoms. The molecule has 0 saturated heterocycles. The van der Waals surface area contributed by atoms with Crippen LogP contribution in [0.3, 0.4) is 0 Å². The number of anilines is 2. The van der Waals surface area contributed by atoms with E-state index in [0.29, 0.717) is 0 Å². The number of pyridine rings is 1. The maximum Gasteiger partial charge on any atom is 0.269 e. The van der Waals surface area contributed by atoms with Gasteiger partial charge in [0.15, 0.2) is 0 Å². The molecule has 0 amide bonds. The Morgan fingerprint density at radius 3 is 2.27 bits per heavy atom. The van der Waals surface area contributed by atoms with Crippen molar-refractivity contribution in [2.75, 3.05) is 11.5 Å². The summed E-state index contributed by atoms with van der Waals surface area (Å²) in [5.74, 6) is -0.519. The van der Waals surface area contributed by atoms with E-state index in [9.17, 15) is 17.2 Å². The van der Waals surface area contributed by atoms with Crippen LogP contribution in [0.15, 0.2) is 11.1 Å². The van der Waals surface area contributed by atoms with Crippen LogP contribution in [0.1, 0.15) is 12.0 Å². The largest absolute Gasteiger partial charge is 0.397 e. The highest BCUT2D eigenvalue weighted by Gasteiger charge is 2.23. The molecule has 0 fully saturated rings. The Labute approximate surface area is 84.1 Å². The van der Waals surface area contributed by atoms with Crippen LogP contribution < -0.4 is 16.6 Å². The van der Waals surface area contributed by atoms with Crippen LogP contribution in [0.4, 0.5) is 20.3 Å². The number of aromatic nitrogens is 1.